The van der Waals surface area contributed by atoms with E-state index in [-0.39, 0.29) is 15.3 Å². The van der Waals surface area contributed by atoms with E-state index in [4.69, 9.17) is 0 Å². The maximum absolute atomic E-state index is 13.2. The number of aliphatic carboxylic acids is 1. The number of hydrogen-bond acceptors (Lipinski definition) is 3. The van der Waals surface area contributed by atoms with E-state index in [1.54, 1.807) is 16.2 Å². The van der Waals surface area contributed by atoms with Crippen molar-refractivity contribution in [1.29, 1.82) is 0 Å². The Labute approximate surface area is 189 Å². The van der Waals surface area contributed by atoms with Crippen LogP contribution in [0.2, 0.25) is 0 Å². The molecule has 3 aromatic rings. The van der Waals surface area contributed by atoms with Crippen molar-refractivity contribution in [3.63, 3.8) is 0 Å². The number of amides is 1. The summed E-state index contributed by atoms with van der Waals surface area (Å²) in [5.74, 6) is -0.934. The second-order valence-electron chi connectivity index (χ2n) is 7.19. The van der Waals surface area contributed by atoms with Gasteiger partial charge in [0.15, 0.2) is 0 Å². The fraction of sp³-hybridized carbons (Fsp3) is 0.217. The van der Waals surface area contributed by atoms with Crippen molar-refractivity contribution in [3.8, 4) is 11.1 Å². The van der Waals surface area contributed by atoms with Gasteiger partial charge in [0.25, 0.3) is 0 Å². The van der Waals surface area contributed by atoms with Gasteiger partial charge in [0, 0.05) is 0 Å². The molecule has 2 aromatic carbocycles. The third kappa shape index (κ3) is 4.16. The molecular weight excluding hydrogens is 578 g/mol. The van der Waals surface area contributed by atoms with Gasteiger partial charge in [-0.25, -0.2) is 0 Å². The molecule has 4 nitrogen and oxygen atoms in total. The molecule has 4 rings (SSSR count). The summed E-state index contributed by atoms with van der Waals surface area (Å²) in [7, 11) is 0. The third-order valence-corrected chi connectivity index (χ3v) is 8.74. The SMILES string of the molecule is O=C(O)C1CC(c2sccc2-c2ccccc2)CN1C(=O)[CH]([Pb])c1ccccc1. The summed E-state index contributed by atoms with van der Waals surface area (Å²) in [5, 5.41) is 11.9. The van der Waals surface area contributed by atoms with Crippen LogP contribution >= 0.6 is 11.3 Å². The zero-order chi connectivity index (χ0) is 20.4. The number of thiophene rings is 1. The van der Waals surface area contributed by atoms with Crippen LogP contribution < -0.4 is 0 Å². The van der Waals surface area contributed by atoms with Gasteiger partial charge in [0.2, 0.25) is 0 Å². The van der Waals surface area contributed by atoms with Crippen LogP contribution in [0.1, 0.15) is 26.3 Å². The van der Waals surface area contributed by atoms with Crippen LogP contribution in [-0.4, -0.2) is 60.2 Å². The van der Waals surface area contributed by atoms with Crippen molar-refractivity contribution >= 4 is 49.0 Å². The fourth-order valence-corrected chi connectivity index (χ4v) is 6.37. The third-order valence-electron chi connectivity index (χ3n) is 5.40. The van der Waals surface area contributed by atoms with E-state index in [9.17, 15) is 14.7 Å². The van der Waals surface area contributed by atoms with E-state index in [1.165, 1.54) is 4.88 Å². The molecule has 145 valence electrons. The zero-order valence-corrected chi connectivity index (χ0v) is 20.4. The average molecular weight is 598 g/mol. The Hall–Kier alpha value is -2.00. The van der Waals surface area contributed by atoms with Crippen LogP contribution in [0, 0.1) is 0 Å². The summed E-state index contributed by atoms with van der Waals surface area (Å²) in [6, 6.07) is 21.1. The Morgan fingerprint density at radius 3 is 2.34 bits per heavy atom. The molecule has 2 heterocycles. The molecule has 1 fully saturated rings. The maximum atomic E-state index is 13.2. The first-order valence-electron chi connectivity index (χ1n) is 9.48. The van der Waals surface area contributed by atoms with Gasteiger partial charge in [-0.3, -0.25) is 0 Å². The van der Waals surface area contributed by atoms with Gasteiger partial charge >= 0.3 is 191 Å². The molecule has 1 aliphatic rings. The molecule has 0 spiro atoms. The van der Waals surface area contributed by atoms with E-state index >= 15 is 0 Å². The molecule has 1 N–H and O–H groups in total. The molecule has 3 unspecified atom stereocenters. The van der Waals surface area contributed by atoms with Crippen LogP contribution in [0.5, 0.6) is 0 Å². The van der Waals surface area contributed by atoms with E-state index in [2.05, 4.69) is 23.6 Å². The van der Waals surface area contributed by atoms with E-state index in [0.717, 1.165) is 16.7 Å². The Morgan fingerprint density at radius 1 is 1.03 bits per heavy atom. The van der Waals surface area contributed by atoms with Gasteiger partial charge in [-0.15, -0.1) is 0 Å². The van der Waals surface area contributed by atoms with Crippen LogP contribution in [-0.2, 0) is 9.59 Å². The minimum atomic E-state index is -0.916. The zero-order valence-electron chi connectivity index (χ0n) is 15.7. The monoisotopic (exact) mass is 598 g/mol. The summed E-state index contributed by atoms with van der Waals surface area (Å²) in [5.41, 5.74) is 3.24. The van der Waals surface area contributed by atoms with Crippen LogP contribution in [0.15, 0.2) is 72.1 Å². The average Bonchev–Trinajstić information content (AvgIpc) is 3.41. The number of hydrogen-bond donors (Lipinski definition) is 1. The summed E-state index contributed by atoms with van der Waals surface area (Å²) in [6.07, 6.45) is 0.463. The van der Waals surface area contributed by atoms with Crippen LogP contribution in [0.25, 0.3) is 11.1 Å². The fourth-order valence-electron chi connectivity index (χ4n) is 3.95. The number of rotatable bonds is 5. The topological polar surface area (TPSA) is 57.6 Å². The predicted molar refractivity (Wildman–Crippen MR) is 115 cm³/mol. The molecule has 0 bridgehead atoms. The Bertz CT molecular complexity index is 1010. The molecule has 3 atom stereocenters. The Kier molecular flexibility index (Phi) is 6.15. The van der Waals surface area contributed by atoms with E-state index < -0.39 is 12.0 Å². The van der Waals surface area contributed by atoms with Crippen LogP contribution in [0.4, 0.5) is 0 Å². The molecule has 0 aliphatic carbocycles. The standard InChI is InChI=1S/C23H20NO3S.Pb/c25-21(13-16-7-3-1-4-8-16)24-15-18(14-20(24)23(26)27)22-19(11-12-28-22)17-9-5-2-6-10-17;/h1-13,18,20H,14-15H2,(H,26,27);. The first kappa shape index (κ1) is 20.3. The second kappa shape index (κ2) is 8.79. The summed E-state index contributed by atoms with van der Waals surface area (Å²) in [4.78, 5) is 28.0. The number of benzene rings is 2. The minimum absolute atomic E-state index is 0.0416. The summed E-state index contributed by atoms with van der Waals surface area (Å²) in [6.45, 7) is 0.460. The van der Waals surface area contributed by atoms with Gasteiger partial charge in [-0.2, -0.15) is 0 Å². The normalized spacial score (nSPS) is 19.8. The van der Waals surface area contributed by atoms with Gasteiger partial charge in [-0.1, -0.05) is 0 Å². The van der Waals surface area contributed by atoms with Gasteiger partial charge < -0.3 is 0 Å². The van der Waals surface area contributed by atoms with Gasteiger partial charge in [0.05, 0.1) is 0 Å². The number of nitrogens with zero attached hydrogens (tertiary/aromatic N) is 1. The van der Waals surface area contributed by atoms with Crippen molar-refractivity contribution in [2.24, 2.45) is 0 Å². The number of carbonyl (C=O) groups is 2. The molecule has 3 radical (unpaired) electrons. The Balaban J connectivity index is 1.61. The van der Waals surface area contributed by atoms with Crippen molar-refractivity contribution in [2.75, 3.05) is 6.54 Å². The number of likely N-dealkylation sites (tertiary alicyclic amines) is 1. The molecule has 1 aliphatic heterocycles. The Morgan fingerprint density at radius 2 is 1.69 bits per heavy atom. The predicted octanol–water partition coefficient (Wildman–Crippen LogP) is 4.09. The molecule has 6 heteroatoms. The van der Waals surface area contributed by atoms with Crippen molar-refractivity contribution in [2.45, 2.75) is 21.9 Å². The first-order chi connectivity index (χ1) is 14.1. The molecule has 1 saturated heterocycles. The first-order valence-corrected chi connectivity index (χ1v) is 12.6. The molecule has 1 amide bonds. The number of carbonyl (C=O) groups excluding carboxylic acids is 1. The van der Waals surface area contributed by atoms with Gasteiger partial charge in [0.1, 0.15) is 0 Å². The quantitative estimate of drug-likeness (QED) is 0.451. The summed E-state index contributed by atoms with van der Waals surface area (Å²) >= 11 is 2.30. The summed E-state index contributed by atoms with van der Waals surface area (Å²) < 4.78 is -0.228. The van der Waals surface area contributed by atoms with Crippen molar-refractivity contribution < 1.29 is 14.7 Å². The van der Waals surface area contributed by atoms with Gasteiger partial charge in [-0.05, 0) is 0 Å². The van der Waals surface area contributed by atoms with E-state index in [1.807, 2.05) is 48.5 Å². The van der Waals surface area contributed by atoms with Crippen molar-refractivity contribution in [3.05, 3.63) is 82.6 Å². The number of carboxylic acids is 1. The van der Waals surface area contributed by atoms with Crippen molar-refractivity contribution in [1.82, 2.24) is 4.90 Å². The molecule has 0 saturated carbocycles. The molecule has 1 aromatic heterocycles. The molecular formula is C23H20NO3PbS. The van der Waals surface area contributed by atoms with E-state index in [0.29, 0.717) is 38.7 Å². The number of carboxylic acid groups (broad SMARTS) is 1. The van der Waals surface area contributed by atoms with Crippen LogP contribution in [0.3, 0.4) is 0 Å². The second-order valence-corrected chi connectivity index (χ2v) is 10.4. The molecule has 29 heavy (non-hydrogen) atoms.